The molecule has 0 aliphatic heterocycles. The molecule has 0 bridgehead atoms. The summed E-state index contributed by atoms with van der Waals surface area (Å²) in [6.07, 6.45) is 0. The zero-order chi connectivity index (χ0) is 7.28. The molecule has 0 unspecified atom stereocenters. The van der Waals surface area contributed by atoms with Crippen LogP contribution in [0.5, 0.6) is 0 Å². The number of nitrogens with one attached hydrogen (secondary N) is 1. The molecule has 0 heterocycles. The molecule has 0 saturated carbocycles. The second-order valence-electron chi connectivity index (χ2n) is 1.77. The van der Waals surface area contributed by atoms with Crippen molar-refractivity contribution in [1.29, 1.82) is 0 Å². The summed E-state index contributed by atoms with van der Waals surface area (Å²) in [6, 6.07) is -0.0968. The summed E-state index contributed by atoms with van der Waals surface area (Å²) in [5.41, 5.74) is 5.20. The number of rotatable bonds is 2. The number of urea groups is 1. The van der Waals surface area contributed by atoms with Gasteiger partial charge in [0.15, 0.2) is 0 Å². The lowest BCUT2D eigenvalue weighted by molar-refractivity contribution is 0.212. The lowest BCUT2D eigenvalue weighted by Crippen LogP contribution is -2.37. The van der Waals surface area contributed by atoms with Crippen LogP contribution in [0, 0.1) is 0 Å². The third-order valence-corrected chi connectivity index (χ3v) is 1.03. The Labute approximate surface area is 55.0 Å². The van der Waals surface area contributed by atoms with Crippen LogP contribution in [0.25, 0.3) is 0 Å². The number of carbonyl (C=O) groups excluding carboxylic acids is 1. The first kappa shape index (κ1) is 8.23. The van der Waals surface area contributed by atoms with Gasteiger partial charge in [-0.05, 0) is 0 Å². The lowest BCUT2D eigenvalue weighted by atomic mass is 10.6. The van der Waals surface area contributed by atoms with Gasteiger partial charge in [-0.1, -0.05) is 0 Å². The molecular weight excluding hydrogens is 118 g/mol. The molecule has 2 amide bonds. The predicted octanol–water partition coefficient (Wildman–Crippen LogP) is -0.784. The number of hydrogen-bond donors (Lipinski definition) is 2. The highest BCUT2D eigenvalue weighted by molar-refractivity contribution is 5.73. The second kappa shape index (κ2) is 4.14. The maximum Gasteiger partial charge on any atom is 0.316 e. The zero-order valence-electron chi connectivity index (χ0n) is 5.85. The molecular formula is C5H13N3O. The van der Waals surface area contributed by atoms with Crippen molar-refractivity contribution in [2.24, 2.45) is 5.73 Å². The number of hydrogen-bond acceptors (Lipinski definition) is 2. The number of amides is 2. The van der Waals surface area contributed by atoms with Crippen LogP contribution in [0.3, 0.4) is 0 Å². The molecule has 4 heteroatoms. The molecule has 54 valence electrons. The van der Waals surface area contributed by atoms with Crippen molar-refractivity contribution in [2.45, 2.75) is 0 Å². The Kier molecular flexibility index (Phi) is 3.79. The molecule has 0 saturated heterocycles. The van der Waals surface area contributed by atoms with Gasteiger partial charge in [0.1, 0.15) is 0 Å². The monoisotopic (exact) mass is 131 g/mol. The van der Waals surface area contributed by atoms with Crippen LogP contribution in [0.2, 0.25) is 0 Å². The van der Waals surface area contributed by atoms with Gasteiger partial charge in [0.05, 0.1) is 0 Å². The van der Waals surface area contributed by atoms with Crippen LogP contribution in [-0.2, 0) is 0 Å². The Hall–Kier alpha value is -0.770. The molecule has 0 aromatic heterocycles. The summed E-state index contributed by atoms with van der Waals surface area (Å²) in [5, 5.41) is 2.48. The molecule has 0 fully saturated rings. The van der Waals surface area contributed by atoms with Gasteiger partial charge in [-0.25, -0.2) is 4.79 Å². The van der Waals surface area contributed by atoms with Crippen molar-refractivity contribution < 1.29 is 4.79 Å². The maximum atomic E-state index is 10.7. The molecule has 0 spiro atoms. The Bertz CT molecular complexity index is 94.2. The highest BCUT2D eigenvalue weighted by Gasteiger charge is 2.01. The molecule has 0 radical (unpaired) electrons. The summed E-state index contributed by atoms with van der Waals surface area (Å²) in [6.45, 7) is 1.10. The Morgan fingerprint density at radius 1 is 1.78 bits per heavy atom. The third-order valence-electron chi connectivity index (χ3n) is 1.03. The van der Waals surface area contributed by atoms with Crippen LogP contribution in [0.4, 0.5) is 4.79 Å². The summed E-state index contributed by atoms with van der Waals surface area (Å²) < 4.78 is 0. The average molecular weight is 131 g/mol. The van der Waals surface area contributed by atoms with Crippen molar-refractivity contribution in [3.8, 4) is 0 Å². The molecule has 0 aliphatic rings. The first-order chi connectivity index (χ1) is 4.22. The summed E-state index contributed by atoms with van der Waals surface area (Å²) in [4.78, 5) is 12.2. The van der Waals surface area contributed by atoms with Gasteiger partial charge in [-0.3, -0.25) is 0 Å². The third kappa shape index (κ3) is 2.92. The highest BCUT2D eigenvalue weighted by Crippen LogP contribution is 1.78. The van der Waals surface area contributed by atoms with Crippen LogP contribution in [0.1, 0.15) is 0 Å². The van der Waals surface area contributed by atoms with Crippen LogP contribution in [-0.4, -0.2) is 38.1 Å². The second-order valence-corrected chi connectivity index (χ2v) is 1.77. The van der Waals surface area contributed by atoms with Crippen LogP contribution >= 0.6 is 0 Å². The summed E-state index contributed by atoms with van der Waals surface area (Å²) >= 11 is 0. The first-order valence-corrected chi connectivity index (χ1v) is 2.85. The number of nitrogens with two attached hydrogens (primary N) is 1. The molecule has 0 atom stereocenters. The van der Waals surface area contributed by atoms with Crippen LogP contribution in [0.15, 0.2) is 0 Å². The first-order valence-electron chi connectivity index (χ1n) is 2.85. The summed E-state index contributed by atoms with van der Waals surface area (Å²) in [7, 11) is 3.29. The molecule has 0 aliphatic carbocycles. The Morgan fingerprint density at radius 2 is 2.33 bits per heavy atom. The number of nitrogens with zero attached hydrogens (tertiary/aromatic N) is 1. The van der Waals surface area contributed by atoms with Gasteiger partial charge >= 0.3 is 6.03 Å². The largest absolute Gasteiger partial charge is 0.341 e. The van der Waals surface area contributed by atoms with Crippen molar-refractivity contribution in [3.05, 3.63) is 0 Å². The zero-order valence-corrected chi connectivity index (χ0v) is 5.85. The average Bonchev–Trinajstić information content (AvgIpc) is 1.87. The van der Waals surface area contributed by atoms with Gasteiger partial charge in [-0.15, -0.1) is 0 Å². The van der Waals surface area contributed by atoms with E-state index in [0.717, 1.165) is 0 Å². The fourth-order valence-electron chi connectivity index (χ4n) is 0.486. The van der Waals surface area contributed by atoms with Gasteiger partial charge in [0.2, 0.25) is 0 Å². The van der Waals surface area contributed by atoms with Crippen molar-refractivity contribution in [3.63, 3.8) is 0 Å². The molecule has 4 nitrogen and oxygen atoms in total. The van der Waals surface area contributed by atoms with E-state index in [2.05, 4.69) is 5.32 Å². The van der Waals surface area contributed by atoms with Gasteiger partial charge in [0, 0.05) is 27.2 Å². The standard InChI is InChI=1S/C5H13N3O/c1-7-5(9)8(2)4-3-6/h3-4,6H2,1-2H3,(H,7,9). The minimum atomic E-state index is -0.0968. The minimum absolute atomic E-state index is 0.0968. The number of carbonyl (C=O) groups is 1. The molecule has 0 aromatic rings. The SMILES string of the molecule is CNC(=O)N(C)CCN. The minimum Gasteiger partial charge on any atom is -0.341 e. The Morgan fingerprint density at radius 3 is 2.67 bits per heavy atom. The quantitative estimate of drug-likeness (QED) is 0.516. The lowest BCUT2D eigenvalue weighted by Gasteiger charge is -2.14. The predicted molar refractivity (Wildman–Crippen MR) is 36.1 cm³/mol. The van der Waals surface area contributed by atoms with E-state index in [0.29, 0.717) is 13.1 Å². The van der Waals surface area contributed by atoms with E-state index in [1.807, 2.05) is 0 Å². The Balaban J connectivity index is 3.45. The fraction of sp³-hybridized carbons (Fsp3) is 0.800. The van der Waals surface area contributed by atoms with Gasteiger partial charge in [0.25, 0.3) is 0 Å². The molecule has 9 heavy (non-hydrogen) atoms. The van der Waals surface area contributed by atoms with Crippen molar-refractivity contribution in [1.82, 2.24) is 10.2 Å². The van der Waals surface area contributed by atoms with E-state index in [9.17, 15) is 4.79 Å². The van der Waals surface area contributed by atoms with Crippen LogP contribution < -0.4 is 11.1 Å². The van der Waals surface area contributed by atoms with E-state index in [4.69, 9.17) is 5.73 Å². The van der Waals surface area contributed by atoms with Gasteiger partial charge < -0.3 is 16.0 Å². The maximum absolute atomic E-state index is 10.7. The van der Waals surface area contributed by atoms with E-state index in [1.165, 1.54) is 4.90 Å². The van der Waals surface area contributed by atoms with Crippen molar-refractivity contribution >= 4 is 6.03 Å². The highest BCUT2D eigenvalue weighted by atomic mass is 16.2. The van der Waals surface area contributed by atoms with Gasteiger partial charge in [-0.2, -0.15) is 0 Å². The fourth-order valence-corrected chi connectivity index (χ4v) is 0.486. The topological polar surface area (TPSA) is 58.4 Å². The van der Waals surface area contributed by atoms with E-state index >= 15 is 0 Å². The van der Waals surface area contributed by atoms with E-state index in [-0.39, 0.29) is 6.03 Å². The molecule has 3 N–H and O–H groups in total. The molecule has 0 aromatic carbocycles. The normalized spacial score (nSPS) is 8.78. The van der Waals surface area contributed by atoms with E-state index < -0.39 is 0 Å². The number of likely N-dealkylation sites (N-methyl/N-ethyl adjacent to an activating group) is 1. The summed E-state index contributed by atoms with van der Waals surface area (Å²) in [5.74, 6) is 0. The molecule has 0 rings (SSSR count). The van der Waals surface area contributed by atoms with Crippen molar-refractivity contribution in [2.75, 3.05) is 27.2 Å². The smallest absolute Gasteiger partial charge is 0.316 e. The van der Waals surface area contributed by atoms with E-state index in [1.54, 1.807) is 14.1 Å².